The number of ether oxygens (including phenoxy) is 1. The molecule has 3 aliphatic rings. The van der Waals surface area contributed by atoms with Crippen molar-refractivity contribution in [2.75, 3.05) is 19.6 Å². The second-order valence-corrected chi connectivity index (χ2v) is 12.4. The summed E-state index contributed by atoms with van der Waals surface area (Å²) in [5.41, 5.74) is 1.61. The van der Waals surface area contributed by atoms with Crippen LogP contribution in [0.3, 0.4) is 0 Å². The van der Waals surface area contributed by atoms with Gasteiger partial charge >= 0.3 is 18.4 Å². The van der Waals surface area contributed by atoms with Crippen molar-refractivity contribution in [1.82, 2.24) is 9.80 Å². The number of hydrogen-bond donors (Lipinski definition) is 0. The summed E-state index contributed by atoms with van der Waals surface area (Å²) in [7, 11) is 0. The minimum Gasteiger partial charge on any atom is -0.444 e. The molecule has 1 amide bonds. The Morgan fingerprint density at radius 1 is 0.854 bits per heavy atom. The van der Waals surface area contributed by atoms with Gasteiger partial charge in [-0.3, -0.25) is 4.90 Å². The van der Waals surface area contributed by atoms with E-state index in [-0.39, 0.29) is 23.6 Å². The summed E-state index contributed by atoms with van der Waals surface area (Å²) >= 11 is 5.90. The van der Waals surface area contributed by atoms with E-state index >= 15 is 0 Å². The fourth-order valence-corrected chi connectivity index (χ4v) is 6.07. The first kappa shape index (κ1) is 31.5. The molecule has 1 fully saturated rings. The van der Waals surface area contributed by atoms with Crippen molar-refractivity contribution in [1.29, 1.82) is 0 Å². The number of benzene rings is 2. The van der Waals surface area contributed by atoms with E-state index in [4.69, 9.17) is 16.3 Å². The van der Waals surface area contributed by atoms with Crippen LogP contribution in [0.2, 0.25) is 0 Å². The highest BCUT2D eigenvalue weighted by molar-refractivity contribution is 6.21. The average molecular weight is 605 g/mol. The van der Waals surface area contributed by atoms with Crippen molar-refractivity contribution in [2.45, 2.75) is 88.8 Å². The summed E-state index contributed by atoms with van der Waals surface area (Å²) in [6, 6.07) is 7.92. The van der Waals surface area contributed by atoms with Crippen LogP contribution in [-0.2, 0) is 29.9 Å². The number of aryl methyl sites for hydroxylation is 2. The van der Waals surface area contributed by atoms with Crippen molar-refractivity contribution in [2.24, 2.45) is 0 Å². The lowest BCUT2D eigenvalue weighted by Gasteiger charge is -2.43. The molecule has 41 heavy (non-hydrogen) atoms. The molecule has 0 aromatic heterocycles. The Morgan fingerprint density at radius 3 is 1.93 bits per heavy atom. The smallest absolute Gasteiger partial charge is 0.416 e. The predicted octanol–water partition coefficient (Wildman–Crippen LogP) is 8.57. The maximum absolute atomic E-state index is 13.1. The molecule has 2 unspecified atom stereocenters. The molecule has 1 saturated heterocycles. The number of halogens is 7. The number of piperazine rings is 1. The lowest BCUT2D eigenvalue weighted by molar-refractivity contribution is -0.138. The maximum atomic E-state index is 13.1. The van der Waals surface area contributed by atoms with Crippen LogP contribution in [0.15, 0.2) is 36.4 Å². The van der Waals surface area contributed by atoms with Crippen LogP contribution in [-0.4, -0.2) is 47.2 Å². The number of hydrogen-bond acceptors (Lipinski definition) is 3. The van der Waals surface area contributed by atoms with E-state index in [0.29, 0.717) is 25.2 Å². The molecule has 0 N–H and O–H groups in total. The maximum Gasteiger partial charge on any atom is 0.416 e. The highest BCUT2D eigenvalue weighted by atomic mass is 35.5. The molecule has 0 saturated carbocycles. The molecular formula is C30H35ClF6N2O2. The molecule has 11 heteroatoms. The second kappa shape index (κ2) is 11.7. The van der Waals surface area contributed by atoms with Crippen LogP contribution in [0.25, 0.3) is 0 Å². The third-order valence-corrected chi connectivity index (χ3v) is 8.18. The van der Waals surface area contributed by atoms with Gasteiger partial charge in [0.05, 0.1) is 16.5 Å². The van der Waals surface area contributed by atoms with Gasteiger partial charge < -0.3 is 9.64 Å². The van der Waals surface area contributed by atoms with Crippen LogP contribution in [0.1, 0.15) is 85.3 Å². The van der Waals surface area contributed by atoms with Gasteiger partial charge in [-0.2, -0.15) is 26.3 Å². The summed E-state index contributed by atoms with van der Waals surface area (Å²) in [6.45, 7) is 9.17. The van der Waals surface area contributed by atoms with Gasteiger partial charge in [0, 0.05) is 31.7 Å². The van der Waals surface area contributed by atoms with Crippen molar-refractivity contribution in [3.8, 4) is 0 Å². The topological polar surface area (TPSA) is 32.8 Å². The van der Waals surface area contributed by atoms with Gasteiger partial charge in [-0.15, -0.1) is 11.6 Å². The number of alkyl halides is 7. The number of carbonyl (C=O) groups is 1. The third-order valence-electron chi connectivity index (χ3n) is 7.73. The molecule has 3 atom stereocenters. The largest absolute Gasteiger partial charge is 0.444 e. The highest BCUT2D eigenvalue weighted by Gasteiger charge is 2.38. The molecule has 0 bridgehead atoms. The molecule has 4 nitrogen and oxygen atoms in total. The molecule has 2 aromatic rings. The Hall–Kier alpha value is -2.46. The first-order valence-corrected chi connectivity index (χ1v) is 14.2. The van der Waals surface area contributed by atoms with Gasteiger partial charge in [0.25, 0.3) is 0 Å². The van der Waals surface area contributed by atoms with E-state index in [1.54, 1.807) is 11.0 Å². The fourth-order valence-electron chi connectivity index (χ4n) is 5.76. The zero-order chi connectivity index (χ0) is 30.3. The van der Waals surface area contributed by atoms with E-state index in [1.807, 2.05) is 27.7 Å². The fraction of sp³-hybridized carbons (Fsp3) is 0.567. The minimum atomic E-state index is -4.33. The van der Waals surface area contributed by atoms with Crippen LogP contribution in [0, 0.1) is 0 Å². The molecule has 0 radical (unpaired) electrons. The van der Waals surface area contributed by atoms with Gasteiger partial charge in [0.2, 0.25) is 0 Å². The van der Waals surface area contributed by atoms with Gasteiger partial charge in [0.1, 0.15) is 5.60 Å². The highest BCUT2D eigenvalue weighted by Crippen LogP contribution is 2.42. The normalized spacial score (nSPS) is 23.0. The number of rotatable bonds is 1. The monoisotopic (exact) mass is 604 g/mol. The van der Waals surface area contributed by atoms with E-state index in [1.165, 1.54) is 24.3 Å². The van der Waals surface area contributed by atoms with Crippen molar-refractivity contribution in [3.63, 3.8) is 0 Å². The van der Waals surface area contributed by atoms with E-state index in [0.717, 1.165) is 48.4 Å². The summed E-state index contributed by atoms with van der Waals surface area (Å²) in [5, 5.41) is -0.257. The zero-order valence-corrected chi connectivity index (χ0v) is 24.3. The first-order valence-electron chi connectivity index (χ1n) is 13.7. The molecule has 5 rings (SSSR count). The molecule has 0 spiro atoms. The van der Waals surface area contributed by atoms with Crippen molar-refractivity contribution >= 4 is 17.7 Å². The number of carbonyl (C=O) groups excluding carboxylic acids is 1. The van der Waals surface area contributed by atoms with Gasteiger partial charge in [-0.25, -0.2) is 4.79 Å². The van der Waals surface area contributed by atoms with Crippen LogP contribution >= 0.6 is 11.6 Å². The Morgan fingerprint density at radius 2 is 1.39 bits per heavy atom. The van der Waals surface area contributed by atoms with Gasteiger partial charge in [0.15, 0.2) is 0 Å². The van der Waals surface area contributed by atoms with Gasteiger partial charge in [-0.1, -0.05) is 12.1 Å². The summed E-state index contributed by atoms with van der Waals surface area (Å²) < 4.78 is 81.8. The quantitative estimate of drug-likeness (QED) is 0.241. The molecule has 2 aromatic carbocycles. The molecule has 1 aliphatic heterocycles. The van der Waals surface area contributed by atoms with E-state index in [9.17, 15) is 31.1 Å². The van der Waals surface area contributed by atoms with Gasteiger partial charge in [-0.05, 0) is 99.9 Å². The molecular weight excluding hydrogens is 570 g/mol. The Bertz CT molecular complexity index is 1260. The number of nitrogens with zero attached hydrogens (tertiary/aromatic N) is 2. The first-order chi connectivity index (χ1) is 18.9. The lowest BCUT2D eigenvalue weighted by atomic mass is 10.0. The Balaban J connectivity index is 0.000000231. The zero-order valence-electron chi connectivity index (χ0n) is 23.5. The molecule has 2 aliphatic carbocycles. The second-order valence-electron chi connectivity index (χ2n) is 11.9. The SMILES string of the molecule is C[C@H]1CN(C(=O)OC(C)(C)C)CCN1C1CCc2ccc(C(F)(F)F)cc21.FC(F)(F)c1ccc2c(c1)C(Cl)CC2. The summed E-state index contributed by atoms with van der Waals surface area (Å²) in [5.74, 6) is 0. The minimum absolute atomic E-state index is 0.0295. The van der Waals surface area contributed by atoms with Crippen molar-refractivity contribution < 1.29 is 35.9 Å². The van der Waals surface area contributed by atoms with Crippen LogP contribution in [0.5, 0.6) is 0 Å². The van der Waals surface area contributed by atoms with Crippen LogP contribution < -0.4 is 0 Å². The third kappa shape index (κ3) is 7.49. The summed E-state index contributed by atoms with van der Waals surface area (Å²) in [6.07, 6.45) is -5.82. The van der Waals surface area contributed by atoms with Crippen LogP contribution in [0.4, 0.5) is 31.1 Å². The van der Waals surface area contributed by atoms with Crippen molar-refractivity contribution in [3.05, 3.63) is 69.8 Å². The average Bonchev–Trinajstić information content (AvgIpc) is 3.45. The lowest BCUT2D eigenvalue weighted by Crippen LogP contribution is -2.55. The number of fused-ring (bicyclic) bond motifs is 2. The Kier molecular flexibility index (Phi) is 8.96. The molecule has 226 valence electrons. The molecule has 1 heterocycles. The standard InChI is InChI=1S/C20H27F3N2O2.C10H8ClF3/c1-13-12-24(18(26)27-19(2,3)4)9-10-25(13)17-8-6-14-5-7-15(11-16(14)17)20(21,22)23;11-9-4-2-6-1-3-7(5-8(6)9)10(12,13)14/h5,7,11,13,17H,6,8-10,12H2,1-4H3;1,3,5,9H,2,4H2/t13-,17?;/m0./s1. The number of amides is 1. The van der Waals surface area contributed by atoms with E-state index in [2.05, 4.69) is 4.90 Å². The predicted molar refractivity (Wildman–Crippen MR) is 145 cm³/mol. The Labute approximate surface area is 241 Å². The van der Waals surface area contributed by atoms with E-state index < -0.39 is 29.1 Å². The summed E-state index contributed by atoms with van der Waals surface area (Å²) in [4.78, 5) is 16.2.